The maximum absolute atomic E-state index is 14.5. The van der Waals surface area contributed by atoms with Gasteiger partial charge in [-0.2, -0.15) is 0 Å². The van der Waals surface area contributed by atoms with Crippen LogP contribution >= 0.6 is 0 Å². The van der Waals surface area contributed by atoms with Crippen molar-refractivity contribution in [3.8, 4) is 0 Å². The third kappa shape index (κ3) is 3.46. The van der Waals surface area contributed by atoms with E-state index in [1.54, 1.807) is 18.3 Å². The van der Waals surface area contributed by atoms with Crippen LogP contribution in [0.15, 0.2) is 49.3 Å². The van der Waals surface area contributed by atoms with Gasteiger partial charge in [-0.3, -0.25) is 9.52 Å². The summed E-state index contributed by atoms with van der Waals surface area (Å²) in [5.41, 5.74) is 2.53. The van der Waals surface area contributed by atoms with E-state index in [2.05, 4.69) is 21.3 Å². The highest BCUT2D eigenvalue weighted by molar-refractivity contribution is 7.73. The minimum Gasteiger partial charge on any atom is -0.345 e. The SMILES string of the molecule is C=C/C(=C\C)c1cnc2[nH]cc(C(=O)c3c(F)ccc(N[SH](=O)=O)c3C)c2c1. The highest BCUT2D eigenvalue weighted by Gasteiger charge is 2.22. The van der Waals surface area contributed by atoms with Crippen LogP contribution in [-0.2, 0) is 10.9 Å². The first-order valence-electron chi connectivity index (χ1n) is 8.38. The molecule has 0 aliphatic carbocycles. The summed E-state index contributed by atoms with van der Waals surface area (Å²) in [6.07, 6.45) is 6.68. The lowest BCUT2D eigenvalue weighted by Crippen LogP contribution is -2.09. The maximum atomic E-state index is 14.5. The van der Waals surface area contributed by atoms with E-state index in [1.165, 1.54) is 19.2 Å². The van der Waals surface area contributed by atoms with Crippen LogP contribution in [0.25, 0.3) is 16.6 Å². The van der Waals surface area contributed by atoms with Gasteiger partial charge in [-0.05, 0) is 43.2 Å². The normalized spacial score (nSPS) is 11.8. The van der Waals surface area contributed by atoms with Crippen LogP contribution < -0.4 is 4.72 Å². The number of anilines is 1. The summed E-state index contributed by atoms with van der Waals surface area (Å²) in [6.45, 7) is 7.12. The van der Waals surface area contributed by atoms with Crippen molar-refractivity contribution in [3.63, 3.8) is 0 Å². The van der Waals surface area contributed by atoms with Gasteiger partial charge in [0.1, 0.15) is 11.5 Å². The minimum absolute atomic E-state index is 0.155. The Labute approximate surface area is 162 Å². The molecule has 0 amide bonds. The van der Waals surface area contributed by atoms with E-state index in [0.717, 1.165) is 17.2 Å². The monoisotopic (exact) mass is 399 g/mol. The van der Waals surface area contributed by atoms with Gasteiger partial charge in [0, 0.05) is 28.9 Å². The molecule has 0 spiro atoms. The summed E-state index contributed by atoms with van der Waals surface area (Å²) in [6, 6.07) is 4.13. The van der Waals surface area contributed by atoms with Crippen LogP contribution in [0.4, 0.5) is 10.1 Å². The van der Waals surface area contributed by atoms with Gasteiger partial charge in [-0.25, -0.2) is 17.8 Å². The zero-order valence-corrected chi connectivity index (χ0v) is 16.1. The summed E-state index contributed by atoms with van der Waals surface area (Å²) in [7, 11) is -2.94. The third-order valence-electron chi connectivity index (χ3n) is 4.49. The number of thiol groups is 1. The number of rotatable bonds is 6. The molecule has 28 heavy (non-hydrogen) atoms. The third-order valence-corrected chi connectivity index (χ3v) is 4.92. The number of nitrogens with zero attached hydrogens (tertiary/aromatic N) is 1. The molecule has 2 heterocycles. The van der Waals surface area contributed by atoms with Crippen molar-refractivity contribution in [1.29, 1.82) is 0 Å². The molecule has 0 bridgehead atoms. The fraction of sp³-hybridized carbons (Fsp3) is 0.100. The average molecular weight is 399 g/mol. The molecule has 0 unspecified atom stereocenters. The van der Waals surface area contributed by atoms with E-state index in [-0.39, 0.29) is 22.4 Å². The number of nitrogens with one attached hydrogen (secondary N) is 2. The molecule has 3 rings (SSSR count). The van der Waals surface area contributed by atoms with Crippen molar-refractivity contribution in [2.24, 2.45) is 0 Å². The zero-order valence-electron chi connectivity index (χ0n) is 15.2. The number of carbonyl (C=O) groups excluding carboxylic acids is 1. The molecular formula is C20H18FN3O3S. The number of fused-ring (bicyclic) bond motifs is 1. The Morgan fingerprint density at radius 2 is 2.11 bits per heavy atom. The predicted molar refractivity (Wildman–Crippen MR) is 108 cm³/mol. The standard InChI is InChI=1S/C20H18FN3O3S/c1-4-12(5-2)13-8-14-15(10-23-20(14)22-9-13)19(25)18-11(3)17(24-28(26)27)7-6-16(18)21/h4-10,28H,1H2,2-3H3,(H,22,23)(H,24,26,27)/b12-5+. The Morgan fingerprint density at radius 1 is 1.36 bits per heavy atom. The molecule has 6 nitrogen and oxygen atoms in total. The van der Waals surface area contributed by atoms with Crippen molar-refractivity contribution < 1.29 is 17.6 Å². The first-order valence-corrected chi connectivity index (χ1v) is 9.56. The first-order chi connectivity index (χ1) is 13.4. The summed E-state index contributed by atoms with van der Waals surface area (Å²) < 4.78 is 38.6. The van der Waals surface area contributed by atoms with Gasteiger partial charge < -0.3 is 4.98 Å². The number of benzene rings is 1. The van der Waals surface area contributed by atoms with Crippen LogP contribution in [-0.4, -0.2) is 24.2 Å². The number of hydrogen-bond donors (Lipinski definition) is 3. The van der Waals surface area contributed by atoms with E-state index in [1.807, 2.05) is 13.0 Å². The van der Waals surface area contributed by atoms with Crippen molar-refractivity contribution >= 4 is 39.0 Å². The molecule has 8 heteroatoms. The van der Waals surface area contributed by atoms with Crippen LogP contribution in [0.5, 0.6) is 0 Å². The second kappa shape index (κ2) is 7.77. The predicted octanol–water partition coefficient (Wildman–Crippen LogP) is 3.77. The van der Waals surface area contributed by atoms with E-state index in [4.69, 9.17) is 0 Å². The smallest absolute Gasteiger partial charge is 0.222 e. The fourth-order valence-corrected chi connectivity index (χ4v) is 3.50. The number of ketones is 1. The Hall–Kier alpha value is -3.26. The van der Waals surface area contributed by atoms with E-state index in [9.17, 15) is 17.6 Å². The largest absolute Gasteiger partial charge is 0.345 e. The first kappa shape index (κ1) is 19.5. The lowest BCUT2D eigenvalue weighted by Gasteiger charge is -2.11. The molecule has 0 saturated heterocycles. The van der Waals surface area contributed by atoms with Gasteiger partial charge in [0.2, 0.25) is 10.9 Å². The molecule has 0 aliphatic rings. The van der Waals surface area contributed by atoms with Crippen LogP contribution in [0.1, 0.15) is 34.0 Å². The number of allylic oxidation sites excluding steroid dienone is 3. The van der Waals surface area contributed by atoms with Gasteiger partial charge in [-0.1, -0.05) is 18.7 Å². The van der Waals surface area contributed by atoms with Gasteiger partial charge >= 0.3 is 0 Å². The number of carbonyl (C=O) groups is 1. The summed E-state index contributed by atoms with van der Waals surface area (Å²) in [4.78, 5) is 20.3. The molecule has 0 aliphatic heterocycles. The van der Waals surface area contributed by atoms with Gasteiger partial charge in [0.15, 0.2) is 5.78 Å². The molecule has 2 aromatic heterocycles. The molecule has 0 atom stereocenters. The van der Waals surface area contributed by atoms with E-state index in [0.29, 0.717) is 11.0 Å². The van der Waals surface area contributed by atoms with E-state index >= 15 is 0 Å². The molecule has 0 radical (unpaired) electrons. The van der Waals surface area contributed by atoms with E-state index < -0.39 is 22.5 Å². The molecule has 2 N–H and O–H groups in total. The minimum atomic E-state index is -2.94. The quantitative estimate of drug-likeness (QED) is 0.334. The molecule has 0 saturated carbocycles. The zero-order chi connectivity index (χ0) is 20.4. The molecule has 0 fully saturated rings. The van der Waals surface area contributed by atoms with Crippen molar-refractivity contribution in [2.75, 3.05) is 4.72 Å². The van der Waals surface area contributed by atoms with Crippen LogP contribution in [0.3, 0.4) is 0 Å². The lowest BCUT2D eigenvalue weighted by molar-refractivity contribution is 0.103. The van der Waals surface area contributed by atoms with Crippen LogP contribution in [0, 0.1) is 12.7 Å². The van der Waals surface area contributed by atoms with Crippen molar-refractivity contribution in [2.45, 2.75) is 13.8 Å². The molecular weight excluding hydrogens is 381 g/mol. The molecule has 144 valence electrons. The lowest BCUT2D eigenvalue weighted by atomic mass is 9.96. The second-order valence-electron chi connectivity index (χ2n) is 6.06. The summed E-state index contributed by atoms with van der Waals surface area (Å²) in [5, 5.41) is 0.538. The highest BCUT2D eigenvalue weighted by Crippen LogP contribution is 2.28. The Kier molecular flexibility index (Phi) is 5.41. The summed E-state index contributed by atoms with van der Waals surface area (Å²) in [5.74, 6) is -1.29. The van der Waals surface area contributed by atoms with Crippen molar-refractivity contribution in [1.82, 2.24) is 9.97 Å². The average Bonchev–Trinajstić information content (AvgIpc) is 3.08. The highest BCUT2D eigenvalue weighted by atomic mass is 32.2. The van der Waals surface area contributed by atoms with Gasteiger partial charge in [0.25, 0.3) is 0 Å². The second-order valence-corrected chi connectivity index (χ2v) is 6.80. The Morgan fingerprint density at radius 3 is 2.75 bits per heavy atom. The van der Waals surface area contributed by atoms with Crippen molar-refractivity contribution in [3.05, 3.63) is 77.4 Å². The Bertz CT molecular complexity index is 1200. The number of aromatic amines is 1. The number of pyridine rings is 1. The number of halogens is 1. The molecule has 3 aromatic rings. The maximum Gasteiger partial charge on any atom is 0.222 e. The number of hydrogen-bond acceptors (Lipinski definition) is 4. The Balaban J connectivity index is 2.17. The van der Waals surface area contributed by atoms with Gasteiger partial charge in [0.05, 0.1) is 11.3 Å². The molecule has 1 aromatic carbocycles. The number of H-pyrrole nitrogens is 1. The fourth-order valence-electron chi connectivity index (χ4n) is 3.06. The topological polar surface area (TPSA) is 91.9 Å². The van der Waals surface area contributed by atoms with Crippen LogP contribution in [0.2, 0.25) is 0 Å². The summed E-state index contributed by atoms with van der Waals surface area (Å²) >= 11 is 0. The number of aromatic nitrogens is 2. The van der Waals surface area contributed by atoms with Gasteiger partial charge in [-0.15, -0.1) is 0 Å².